The van der Waals surface area contributed by atoms with Crippen molar-refractivity contribution in [3.8, 4) is 0 Å². The minimum atomic E-state index is -1.59. The fraction of sp³-hybridized carbons (Fsp3) is 0. The molecule has 0 aromatic heterocycles. The summed E-state index contributed by atoms with van der Waals surface area (Å²) in [6.45, 7) is 0. The van der Waals surface area contributed by atoms with Crippen molar-refractivity contribution in [2.45, 2.75) is 0 Å². The molecule has 3 nitrogen and oxygen atoms in total. The second kappa shape index (κ2) is 5.77. The van der Waals surface area contributed by atoms with E-state index in [0.717, 1.165) is 5.56 Å². The highest BCUT2D eigenvalue weighted by Crippen LogP contribution is 2.08. The molecule has 2 aromatic carbocycles. The lowest BCUT2D eigenvalue weighted by molar-refractivity contribution is 0.425. The summed E-state index contributed by atoms with van der Waals surface area (Å²) in [4.78, 5) is 0.485. The lowest BCUT2D eigenvalue weighted by atomic mass is 9.76. The predicted molar refractivity (Wildman–Crippen MR) is 74.1 cm³/mol. The molecule has 2 N–H and O–H groups in total. The number of hydrogen-bond acceptors (Lipinski definition) is 3. The average molecular weight is 258 g/mol. The van der Waals surface area contributed by atoms with Gasteiger partial charge in [-0.15, -0.1) is 0 Å². The van der Waals surface area contributed by atoms with Crippen LogP contribution in [0.1, 0.15) is 11.1 Å². The highest BCUT2D eigenvalue weighted by molar-refractivity contribution is 7.67. The first-order valence-electron chi connectivity index (χ1n) is 5.41. The van der Waals surface area contributed by atoms with Gasteiger partial charge in [-0.05, 0) is 16.6 Å². The molecule has 0 aliphatic carbocycles. The number of benzene rings is 2. The molecule has 0 atom stereocenters. The van der Waals surface area contributed by atoms with Crippen molar-refractivity contribution in [1.82, 2.24) is 0 Å². The Morgan fingerprint density at radius 1 is 0.944 bits per heavy atom. The van der Waals surface area contributed by atoms with Gasteiger partial charge in [0.2, 0.25) is 0 Å². The molecule has 0 amide bonds. The summed E-state index contributed by atoms with van der Waals surface area (Å²) < 4.78 is 11.3. The van der Waals surface area contributed by atoms with Crippen molar-refractivity contribution in [3.63, 3.8) is 0 Å². The zero-order valence-corrected chi connectivity index (χ0v) is 10.3. The van der Waals surface area contributed by atoms with E-state index in [2.05, 4.69) is 0 Å². The van der Waals surface area contributed by atoms with Crippen LogP contribution in [0.2, 0.25) is 0 Å². The molecule has 0 heterocycles. The fourth-order valence-electron chi connectivity index (χ4n) is 1.77. The SMILES string of the molecule is O=S=C(c1ccccc1)c1ccccc1B(O)O. The van der Waals surface area contributed by atoms with E-state index >= 15 is 0 Å². The highest BCUT2D eigenvalue weighted by Gasteiger charge is 2.19. The molecule has 0 radical (unpaired) electrons. The second-order valence-corrected chi connectivity index (χ2v) is 4.31. The Labute approximate surface area is 109 Å². The van der Waals surface area contributed by atoms with Crippen LogP contribution >= 0.6 is 0 Å². The Morgan fingerprint density at radius 2 is 1.56 bits per heavy atom. The van der Waals surface area contributed by atoms with Crippen LogP contribution in [-0.2, 0) is 11.3 Å². The van der Waals surface area contributed by atoms with Gasteiger partial charge in [0.1, 0.15) is 0 Å². The van der Waals surface area contributed by atoms with Crippen LogP contribution in [0.5, 0.6) is 0 Å². The maximum Gasteiger partial charge on any atom is 0.489 e. The Hall–Kier alpha value is -1.69. The third-order valence-electron chi connectivity index (χ3n) is 2.60. The van der Waals surface area contributed by atoms with E-state index in [0.29, 0.717) is 27.1 Å². The van der Waals surface area contributed by atoms with Crippen molar-refractivity contribution < 1.29 is 14.3 Å². The topological polar surface area (TPSA) is 57.5 Å². The van der Waals surface area contributed by atoms with Crippen LogP contribution in [-0.4, -0.2) is 26.2 Å². The summed E-state index contributed by atoms with van der Waals surface area (Å²) in [5.41, 5.74) is 1.66. The van der Waals surface area contributed by atoms with E-state index in [1.807, 2.05) is 30.3 Å². The molecule has 0 unspecified atom stereocenters. The summed E-state index contributed by atoms with van der Waals surface area (Å²) in [6, 6.07) is 16.0. The fourth-order valence-corrected chi connectivity index (χ4v) is 2.27. The van der Waals surface area contributed by atoms with Gasteiger partial charge in [0.15, 0.2) is 0 Å². The van der Waals surface area contributed by atoms with Crippen molar-refractivity contribution in [2.75, 3.05) is 0 Å². The van der Waals surface area contributed by atoms with Gasteiger partial charge in [0.25, 0.3) is 0 Å². The van der Waals surface area contributed by atoms with Gasteiger partial charge in [-0.3, -0.25) is 0 Å². The summed E-state index contributed by atoms with van der Waals surface area (Å²) in [7, 11) is -1.59. The van der Waals surface area contributed by atoms with Gasteiger partial charge >= 0.3 is 7.12 Å². The van der Waals surface area contributed by atoms with Gasteiger partial charge in [-0.1, -0.05) is 54.6 Å². The van der Waals surface area contributed by atoms with E-state index in [4.69, 9.17) is 0 Å². The molecule has 0 bridgehead atoms. The zero-order valence-electron chi connectivity index (χ0n) is 9.48. The van der Waals surface area contributed by atoms with E-state index < -0.39 is 7.12 Å². The molecule has 90 valence electrons. The molecule has 0 fully saturated rings. The summed E-state index contributed by atoms with van der Waals surface area (Å²) >= 11 is 0.352. The zero-order chi connectivity index (χ0) is 13.0. The summed E-state index contributed by atoms with van der Waals surface area (Å²) in [5, 5.41) is 18.7. The molecule has 0 aliphatic rings. The Morgan fingerprint density at radius 3 is 2.17 bits per heavy atom. The third kappa shape index (κ3) is 2.59. The van der Waals surface area contributed by atoms with E-state index in [1.165, 1.54) is 0 Å². The Kier molecular flexibility index (Phi) is 4.09. The predicted octanol–water partition coefficient (Wildman–Crippen LogP) is 0.148. The van der Waals surface area contributed by atoms with Crippen LogP contribution in [0.3, 0.4) is 0 Å². The molecule has 2 aromatic rings. The molecular formula is C13H11BO3S. The number of hydrogen-bond donors (Lipinski definition) is 2. The smallest absolute Gasteiger partial charge is 0.423 e. The Bertz CT molecular complexity index is 592. The van der Waals surface area contributed by atoms with Gasteiger partial charge in [0.05, 0.1) is 16.1 Å². The van der Waals surface area contributed by atoms with Gasteiger partial charge in [0, 0.05) is 0 Å². The molecule has 5 heteroatoms. The normalized spacial score (nSPS) is 9.89. The molecule has 0 spiro atoms. The highest BCUT2D eigenvalue weighted by atomic mass is 32.1. The Balaban J connectivity index is 2.57. The van der Waals surface area contributed by atoms with Crippen LogP contribution < -0.4 is 5.46 Å². The van der Waals surface area contributed by atoms with Gasteiger partial charge in [-0.25, -0.2) is 4.21 Å². The average Bonchev–Trinajstić information content (AvgIpc) is 2.41. The first-order valence-corrected chi connectivity index (χ1v) is 6.16. The van der Waals surface area contributed by atoms with Crippen molar-refractivity contribution in [2.24, 2.45) is 0 Å². The largest absolute Gasteiger partial charge is 0.489 e. The van der Waals surface area contributed by atoms with Gasteiger partial charge in [-0.2, -0.15) is 0 Å². The second-order valence-electron chi connectivity index (χ2n) is 3.74. The summed E-state index contributed by atoms with van der Waals surface area (Å²) in [6.07, 6.45) is 0. The number of rotatable bonds is 3. The minimum Gasteiger partial charge on any atom is -0.423 e. The molecule has 18 heavy (non-hydrogen) atoms. The van der Waals surface area contributed by atoms with E-state index in [9.17, 15) is 14.3 Å². The third-order valence-corrected chi connectivity index (χ3v) is 3.23. The lowest BCUT2D eigenvalue weighted by Gasteiger charge is -2.09. The van der Waals surface area contributed by atoms with E-state index in [1.54, 1.807) is 24.3 Å². The quantitative estimate of drug-likeness (QED) is 0.468. The molecule has 0 saturated heterocycles. The first-order chi connectivity index (χ1) is 8.74. The maximum absolute atomic E-state index is 11.3. The molecule has 2 rings (SSSR count). The lowest BCUT2D eigenvalue weighted by Crippen LogP contribution is -2.34. The van der Waals surface area contributed by atoms with Gasteiger partial charge < -0.3 is 10.0 Å². The summed E-state index contributed by atoms with van der Waals surface area (Å²) in [5.74, 6) is 0. The standard InChI is InChI=1S/C13H11BO3S/c15-14(16)12-9-5-4-8-11(12)13(18-17)10-6-2-1-3-7-10/h1-9,15-16H. The van der Waals surface area contributed by atoms with E-state index in [-0.39, 0.29) is 0 Å². The van der Waals surface area contributed by atoms with Crippen LogP contribution in [0.15, 0.2) is 54.6 Å². The van der Waals surface area contributed by atoms with Crippen LogP contribution in [0.25, 0.3) is 0 Å². The van der Waals surface area contributed by atoms with Crippen molar-refractivity contribution in [1.29, 1.82) is 0 Å². The van der Waals surface area contributed by atoms with Crippen LogP contribution in [0.4, 0.5) is 0 Å². The van der Waals surface area contributed by atoms with Crippen molar-refractivity contribution in [3.05, 3.63) is 65.7 Å². The monoisotopic (exact) mass is 258 g/mol. The molecule has 0 saturated carbocycles. The molecule has 0 aliphatic heterocycles. The maximum atomic E-state index is 11.3. The van der Waals surface area contributed by atoms with Crippen molar-refractivity contribution >= 4 is 28.7 Å². The minimum absolute atomic E-state index is 0.333. The molecular weight excluding hydrogens is 247 g/mol. The first kappa shape index (κ1) is 12.8. The van der Waals surface area contributed by atoms with Crippen LogP contribution in [0, 0.1) is 0 Å².